The van der Waals surface area contributed by atoms with Gasteiger partial charge >= 0.3 is 5.97 Å². The Balaban J connectivity index is 1.05. The summed E-state index contributed by atoms with van der Waals surface area (Å²) in [6.07, 6.45) is -29.7. The Morgan fingerprint density at radius 3 is 1.78 bits per heavy atom. The van der Waals surface area contributed by atoms with Crippen LogP contribution in [0, 0.1) is 50.2 Å². The highest BCUT2D eigenvalue weighted by atomic mass is 16.8. The molecule has 29 atom stereocenters. The van der Waals surface area contributed by atoms with Crippen molar-refractivity contribution in [2.45, 2.75) is 248 Å². The minimum Gasteiger partial charge on any atom is -0.479 e. The Kier molecular flexibility index (Phi) is 16.8. The van der Waals surface area contributed by atoms with Crippen LogP contribution in [0.5, 0.6) is 0 Å². The average Bonchev–Trinajstić information content (AvgIpc) is 3.54. The second-order valence-electron chi connectivity index (χ2n) is 26.5. The molecule has 77 heavy (non-hydrogen) atoms. The van der Waals surface area contributed by atoms with Crippen molar-refractivity contribution in [3.63, 3.8) is 0 Å². The maximum atomic E-state index is 13.1. The fourth-order valence-electron chi connectivity index (χ4n) is 16.6. The molecule has 4 saturated heterocycles. The van der Waals surface area contributed by atoms with Crippen molar-refractivity contribution in [2.75, 3.05) is 19.8 Å². The van der Waals surface area contributed by atoms with Crippen LogP contribution in [0.25, 0.3) is 0 Å². The van der Waals surface area contributed by atoms with E-state index in [1.54, 1.807) is 0 Å². The van der Waals surface area contributed by atoms with Crippen molar-refractivity contribution in [1.29, 1.82) is 0 Å². The van der Waals surface area contributed by atoms with Gasteiger partial charge in [-0.3, -0.25) is 0 Å². The summed E-state index contributed by atoms with van der Waals surface area (Å²) in [7, 11) is 0. The third-order valence-corrected chi connectivity index (χ3v) is 21.5. The normalized spacial score (nSPS) is 54.5. The van der Waals surface area contributed by atoms with E-state index >= 15 is 0 Å². The predicted molar refractivity (Wildman–Crippen MR) is 263 cm³/mol. The van der Waals surface area contributed by atoms with Gasteiger partial charge in [0.05, 0.1) is 38.1 Å². The Bertz CT molecular complexity index is 2130. The van der Waals surface area contributed by atoms with Crippen molar-refractivity contribution < 1.29 is 114 Å². The van der Waals surface area contributed by atoms with Gasteiger partial charge in [-0.25, -0.2) is 4.79 Å². The Labute approximate surface area is 449 Å². The molecule has 0 aromatic rings. The Hall–Kier alpha value is -1.63. The molecule has 4 saturated carbocycles. The van der Waals surface area contributed by atoms with E-state index in [9.17, 15) is 76.3 Å². The van der Waals surface area contributed by atoms with E-state index in [1.807, 2.05) is 0 Å². The molecule has 23 nitrogen and oxygen atoms in total. The lowest BCUT2D eigenvalue weighted by molar-refractivity contribution is -0.406. The third kappa shape index (κ3) is 9.70. The number of carbonyl (C=O) groups is 1. The molecule has 14 N–H and O–H groups in total. The minimum absolute atomic E-state index is 0.0121. The number of rotatable bonds is 12. The molecule has 9 rings (SSSR count). The van der Waals surface area contributed by atoms with E-state index in [0.717, 1.165) is 38.5 Å². The fraction of sp³-hybridized carbons (Fsp3) is 0.944. The first-order valence-electron chi connectivity index (χ1n) is 27.8. The summed E-state index contributed by atoms with van der Waals surface area (Å²) in [4.78, 5) is 13.1. The first-order valence-corrected chi connectivity index (χ1v) is 27.8. The van der Waals surface area contributed by atoms with Crippen molar-refractivity contribution >= 4 is 5.97 Å². The van der Waals surface area contributed by atoms with Crippen molar-refractivity contribution in [3.05, 3.63) is 11.6 Å². The summed E-state index contributed by atoms with van der Waals surface area (Å²) in [5, 5.41) is 154. The Morgan fingerprint density at radius 1 is 0.584 bits per heavy atom. The van der Waals surface area contributed by atoms with Crippen LogP contribution in [-0.4, -0.2) is 232 Å². The van der Waals surface area contributed by atoms with E-state index in [0.29, 0.717) is 19.3 Å². The highest BCUT2D eigenvalue weighted by molar-refractivity contribution is 5.73. The predicted octanol–water partition coefficient (Wildman–Crippen LogP) is -1.47. The summed E-state index contributed by atoms with van der Waals surface area (Å²) in [5.74, 6) is -1.51. The van der Waals surface area contributed by atoms with Gasteiger partial charge in [-0.1, -0.05) is 60.1 Å². The van der Waals surface area contributed by atoms with Crippen LogP contribution in [0.2, 0.25) is 0 Å². The van der Waals surface area contributed by atoms with Gasteiger partial charge in [0, 0.05) is 5.41 Å². The summed E-state index contributed by atoms with van der Waals surface area (Å²) >= 11 is 0. The van der Waals surface area contributed by atoms with E-state index < -0.39 is 165 Å². The number of fused-ring (bicyclic) bond motifs is 7. The lowest BCUT2D eigenvalue weighted by Crippen LogP contribution is -2.69. The minimum atomic E-state index is -2.23. The molecule has 23 heteroatoms. The van der Waals surface area contributed by atoms with Crippen molar-refractivity contribution in [3.8, 4) is 0 Å². The van der Waals surface area contributed by atoms with Gasteiger partial charge in [0.15, 0.2) is 31.3 Å². The molecule has 4 heterocycles. The fourth-order valence-corrected chi connectivity index (χ4v) is 16.6. The number of ether oxygens (including phenoxy) is 8. The van der Waals surface area contributed by atoms with E-state index in [4.69, 9.17) is 37.9 Å². The number of carboxylic acid groups (broad SMARTS) is 1. The third-order valence-electron chi connectivity index (χ3n) is 21.5. The summed E-state index contributed by atoms with van der Waals surface area (Å²) in [6.45, 7) is 15.3. The average molecular weight is 1110 g/mol. The zero-order chi connectivity index (χ0) is 56.4. The second-order valence-corrected chi connectivity index (χ2v) is 26.5. The van der Waals surface area contributed by atoms with Crippen LogP contribution in [0.3, 0.4) is 0 Å². The van der Waals surface area contributed by atoms with E-state index in [1.165, 1.54) is 12.5 Å². The van der Waals surface area contributed by atoms with Crippen LogP contribution < -0.4 is 0 Å². The topological polar surface area (TPSA) is 374 Å². The SMILES string of the molecule is C[C@@H]1O[C@H](O[C@@H]2[C@@H](O[C@H]3[C@H](O)[C@@H](C(=O)O)O[C@H](O[C@@H]4CC[C@@]5(C)[C@H](CC[C@]6(C)[C@H]5CC=C5[C@H]7CC(C)(C)CC[C@]7(CO)[C@H](O)C[C@]56C)C4(C)C)[C@@H]3O[C@@H]3O[C@@H](CO)[C@@H](O)[C@@H](O)[C@@H]3O)O[C@H](CO)[C@@H](O)[C@@H]2O)[C@@H](O)[C@H](O)[C@@H]1O. The van der Waals surface area contributed by atoms with Crippen LogP contribution >= 0.6 is 0 Å². The van der Waals surface area contributed by atoms with Gasteiger partial charge in [0.2, 0.25) is 0 Å². The van der Waals surface area contributed by atoms with Gasteiger partial charge < -0.3 is 109 Å². The molecule has 0 radical (unpaired) electrons. The van der Waals surface area contributed by atoms with Gasteiger partial charge in [-0.05, 0) is 110 Å². The zero-order valence-electron chi connectivity index (χ0n) is 45.4. The molecule has 442 valence electrons. The number of carboxylic acids is 1. The second kappa shape index (κ2) is 21.5. The number of allylic oxidation sites excluding steroid dienone is 2. The van der Waals surface area contributed by atoms with Gasteiger partial charge in [0.25, 0.3) is 0 Å². The van der Waals surface area contributed by atoms with Crippen LogP contribution in [0.15, 0.2) is 11.6 Å². The largest absolute Gasteiger partial charge is 0.479 e. The molecule has 0 amide bonds. The quantitative estimate of drug-likeness (QED) is 0.0783. The Morgan fingerprint density at radius 2 is 1.16 bits per heavy atom. The summed E-state index contributed by atoms with van der Waals surface area (Å²) < 4.78 is 49.0. The molecule has 0 spiro atoms. The maximum Gasteiger partial charge on any atom is 0.335 e. The first-order chi connectivity index (χ1) is 36.0. The highest BCUT2D eigenvalue weighted by Gasteiger charge is 2.70. The molecule has 0 aromatic carbocycles. The van der Waals surface area contributed by atoms with Crippen molar-refractivity contribution in [1.82, 2.24) is 0 Å². The zero-order valence-corrected chi connectivity index (χ0v) is 45.4. The lowest BCUT2D eigenvalue weighted by atomic mass is 9.33. The molecule has 8 fully saturated rings. The maximum absolute atomic E-state index is 13.1. The number of hydrogen-bond acceptors (Lipinski definition) is 22. The number of aliphatic hydroxyl groups excluding tert-OH is 13. The highest BCUT2D eigenvalue weighted by Crippen LogP contribution is 2.76. The first kappa shape index (κ1) is 60.0. The summed E-state index contributed by atoms with van der Waals surface area (Å²) in [6, 6.07) is 0. The van der Waals surface area contributed by atoms with Crippen LogP contribution in [0.4, 0.5) is 0 Å². The monoisotopic (exact) mass is 1100 g/mol. The van der Waals surface area contributed by atoms with Gasteiger partial charge in [-0.2, -0.15) is 0 Å². The molecular weight excluding hydrogens is 1020 g/mol. The molecule has 0 bridgehead atoms. The number of hydrogen-bond donors (Lipinski definition) is 14. The van der Waals surface area contributed by atoms with Gasteiger partial charge in [0.1, 0.15) is 85.5 Å². The standard InChI is InChI=1S/C54H88O23/c1-22-31(59)34(62)37(65)45(70-22)76-42-36(64)33(61)26(20-56)72-47(42)74-40-39(67)41(44(68)69)75-48(43(40)77-46-38(66)35(63)32(60)25(19-55)71-46)73-30-12-13-51(6)27(50(30,4)5)11-14-52(7)28(51)10-9-23-24-17-49(2,3)15-16-54(24,21-57)29(58)18-53(23,52)8/h9,22,24-43,45-48,55-67H,10-21H2,1-8H3,(H,68,69)/t22-,24+,25-,26+,27+,28-,29+,30+,31+,32+,33+,34+,35+,36-,37-,38-,39-,40-,41-,42-,43+,45+,46-,47+,48-,51-,52+,53+,54+/m0/s1. The summed E-state index contributed by atoms with van der Waals surface area (Å²) in [5.41, 5.74) is -0.808. The molecule has 5 aliphatic carbocycles. The smallest absolute Gasteiger partial charge is 0.335 e. The molecular formula is C54H88O23. The molecule has 0 aromatic heterocycles. The van der Waals surface area contributed by atoms with Crippen LogP contribution in [0.1, 0.15) is 113 Å². The van der Waals surface area contributed by atoms with Gasteiger partial charge in [-0.15, -0.1) is 0 Å². The van der Waals surface area contributed by atoms with E-state index in [-0.39, 0.29) is 46.0 Å². The van der Waals surface area contributed by atoms with Crippen LogP contribution in [-0.2, 0) is 42.7 Å². The molecule has 4 aliphatic heterocycles. The van der Waals surface area contributed by atoms with Crippen molar-refractivity contribution in [2.24, 2.45) is 50.2 Å². The molecule has 9 aliphatic rings. The number of aliphatic hydroxyl groups is 13. The molecule has 0 unspecified atom stereocenters. The number of aliphatic carboxylic acids is 1. The van der Waals surface area contributed by atoms with E-state index in [2.05, 4.69) is 54.5 Å². The lowest BCUT2D eigenvalue weighted by Gasteiger charge is -2.72.